The summed E-state index contributed by atoms with van der Waals surface area (Å²) in [4.78, 5) is 23.2. The Morgan fingerprint density at radius 2 is 2.00 bits per heavy atom. The van der Waals surface area contributed by atoms with Gasteiger partial charge in [-0.15, -0.1) is 0 Å². The highest BCUT2D eigenvalue weighted by Crippen LogP contribution is 2.09. The summed E-state index contributed by atoms with van der Waals surface area (Å²) < 4.78 is 0. The first-order valence-electron chi connectivity index (χ1n) is 3.46. The molecule has 3 heteroatoms. The molecule has 0 aromatic carbocycles. The van der Waals surface area contributed by atoms with E-state index < -0.39 is 0 Å². The predicted molar refractivity (Wildman–Crippen MR) is 36.5 cm³/mol. The van der Waals surface area contributed by atoms with E-state index in [-0.39, 0.29) is 17.7 Å². The van der Waals surface area contributed by atoms with Gasteiger partial charge in [0.1, 0.15) is 0 Å². The Kier molecular flexibility index (Phi) is 1.74. The van der Waals surface area contributed by atoms with Crippen molar-refractivity contribution in [1.29, 1.82) is 0 Å². The molecule has 0 unspecified atom stereocenters. The average Bonchev–Trinajstić information content (AvgIpc) is 2.14. The van der Waals surface area contributed by atoms with Gasteiger partial charge in [0.2, 0.25) is 5.78 Å². The van der Waals surface area contributed by atoms with E-state index in [1.165, 1.54) is 0 Å². The molecule has 0 aliphatic carbocycles. The van der Waals surface area contributed by atoms with Crippen LogP contribution in [-0.2, 0) is 9.59 Å². The molecule has 1 rings (SSSR count). The first-order valence-corrected chi connectivity index (χ1v) is 3.46. The zero-order valence-electron chi connectivity index (χ0n) is 6.26. The highest BCUT2D eigenvalue weighted by Gasteiger charge is 2.30. The van der Waals surface area contributed by atoms with Gasteiger partial charge in [0.15, 0.2) is 0 Å². The lowest BCUT2D eigenvalue weighted by Gasteiger charge is -2.18. The highest BCUT2D eigenvalue weighted by molar-refractivity contribution is 6.37. The van der Waals surface area contributed by atoms with Gasteiger partial charge in [-0.3, -0.25) is 9.59 Å². The maximum absolute atomic E-state index is 10.9. The average molecular weight is 141 g/mol. The second-order valence-corrected chi connectivity index (χ2v) is 2.77. The van der Waals surface area contributed by atoms with Crippen LogP contribution >= 0.6 is 0 Å². The number of hydrogen-bond donors (Lipinski definition) is 0. The monoisotopic (exact) mass is 141 g/mol. The van der Waals surface area contributed by atoms with Crippen molar-refractivity contribution < 1.29 is 9.59 Å². The predicted octanol–water partition coefficient (Wildman–Crippen LogP) is 0.196. The van der Waals surface area contributed by atoms with Crippen LogP contribution in [0.2, 0.25) is 0 Å². The molecule has 1 aliphatic heterocycles. The number of carbonyl (C=O) groups excluding carboxylic acids is 2. The molecule has 0 aromatic rings. The van der Waals surface area contributed by atoms with Crippen molar-refractivity contribution in [3.8, 4) is 0 Å². The number of Topliss-reactive ketones (excluding diaryl/α,β-unsaturated/α-hetero) is 1. The van der Waals surface area contributed by atoms with Crippen molar-refractivity contribution in [3.63, 3.8) is 0 Å². The van der Waals surface area contributed by atoms with E-state index in [1.54, 1.807) is 4.90 Å². The molecule has 10 heavy (non-hydrogen) atoms. The fourth-order valence-corrected chi connectivity index (χ4v) is 1.08. The van der Waals surface area contributed by atoms with Crippen LogP contribution in [0.1, 0.15) is 20.3 Å². The maximum atomic E-state index is 10.9. The summed E-state index contributed by atoms with van der Waals surface area (Å²) in [6, 6.07) is 0.166. The summed E-state index contributed by atoms with van der Waals surface area (Å²) >= 11 is 0. The van der Waals surface area contributed by atoms with Crippen LogP contribution in [0.15, 0.2) is 0 Å². The SMILES string of the molecule is CC(C)N1CCC(=O)C1=O. The zero-order valence-corrected chi connectivity index (χ0v) is 6.26. The van der Waals surface area contributed by atoms with Gasteiger partial charge in [-0.2, -0.15) is 0 Å². The van der Waals surface area contributed by atoms with Gasteiger partial charge in [-0.1, -0.05) is 0 Å². The fraction of sp³-hybridized carbons (Fsp3) is 0.714. The molecular weight excluding hydrogens is 130 g/mol. The molecule has 1 saturated heterocycles. The van der Waals surface area contributed by atoms with Crippen LogP contribution in [0.5, 0.6) is 0 Å². The van der Waals surface area contributed by atoms with E-state index in [0.717, 1.165) is 0 Å². The summed E-state index contributed by atoms with van der Waals surface area (Å²) in [6.45, 7) is 4.43. The summed E-state index contributed by atoms with van der Waals surface area (Å²) in [6.07, 6.45) is 0.400. The van der Waals surface area contributed by atoms with E-state index in [2.05, 4.69) is 0 Å². The quantitative estimate of drug-likeness (QED) is 0.489. The molecule has 0 aromatic heterocycles. The second-order valence-electron chi connectivity index (χ2n) is 2.77. The highest BCUT2D eigenvalue weighted by atomic mass is 16.2. The van der Waals surface area contributed by atoms with E-state index in [1.807, 2.05) is 13.8 Å². The third kappa shape index (κ3) is 1.03. The van der Waals surface area contributed by atoms with Crippen molar-refractivity contribution in [2.45, 2.75) is 26.3 Å². The van der Waals surface area contributed by atoms with Crippen LogP contribution < -0.4 is 0 Å². The maximum Gasteiger partial charge on any atom is 0.290 e. The third-order valence-corrected chi connectivity index (χ3v) is 1.70. The minimum absolute atomic E-state index is 0.166. The molecule has 1 aliphatic rings. The molecule has 1 amide bonds. The summed E-state index contributed by atoms with van der Waals surface area (Å²) in [5.41, 5.74) is 0. The van der Waals surface area contributed by atoms with Gasteiger partial charge in [0.25, 0.3) is 5.91 Å². The topological polar surface area (TPSA) is 37.4 Å². The normalized spacial score (nSPS) is 19.3. The Labute approximate surface area is 60.0 Å². The number of hydrogen-bond acceptors (Lipinski definition) is 2. The Balaban J connectivity index is 2.66. The molecule has 0 saturated carbocycles. The van der Waals surface area contributed by atoms with Crippen molar-refractivity contribution in [2.24, 2.45) is 0 Å². The number of nitrogens with zero attached hydrogens (tertiary/aromatic N) is 1. The van der Waals surface area contributed by atoms with E-state index in [0.29, 0.717) is 13.0 Å². The molecule has 1 fully saturated rings. The number of amides is 1. The number of ketones is 1. The van der Waals surface area contributed by atoms with Crippen LogP contribution in [0.25, 0.3) is 0 Å². The molecule has 0 spiro atoms. The summed E-state index contributed by atoms with van der Waals surface area (Å²) in [5, 5.41) is 0. The minimum atomic E-state index is -0.310. The van der Waals surface area contributed by atoms with E-state index in [4.69, 9.17) is 0 Å². The largest absolute Gasteiger partial charge is 0.333 e. The summed E-state index contributed by atoms with van der Waals surface area (Å²) in [7, 11) is 0. The van der Waals surface area contributed by atoms with Crippen LogP contribution in [0.4, 0.5) is 0 Å². The van der Waals surface area contributed by atoms with Crippen molar-refractivity contribution in [2.75, 3.05) is 6.54 Å². The van der Waals surface area contributed by atoms with E-state index >= 15 is 0 Å². The molecule has 0 bridgehead atoms. The second kappa shape index (κ2) is 2.40. The van der Waals surface area contributed by atoms with Gasteiger partial charge in [-0.25, -0.2) is 0 Å². The van der Waals surface area contributed by atoms with Crippen molar-refractivity contribution >= 4 is 11.7 Å². The smallest absolute Gasteiger partial charge is 0.290 e. The Hall–Kier alpha value is -0.860. The third-order valence-electron chi connectivity index (χ3n) is 1.70. The molecule has 1 heterocycles. The molecule has 56 valence electrons. The number of carbonyl (C=O) groups is 2. The van der Waals surface area contributed by atoms with Crippen molar-refractivity contribution in [1.82, 2.24) is 4.90 Å². The van der Waals surface area contributed by atoms with Gasteiger partial charge in [0.05, 0.1) is 0 Å². The number of likely N-dealkylation sites (tertiary alicyclic amines) is 1. The lowest BCUT2D eigenvalue weighted by atomic mass is 10.3. The zero-order chi connectivity index (χ0) is 7.72. The Morgan fingerprint density at radius 1 is 1.40 bits per heavy atom. The Morgan fingerprint density at radius 3 is 2.20 bits per heavy atom. The molecule has 0 atom stereocenters. The van der Waals surface area contributed by atoms with E-state index in [9.17, 15) is 9.59 Å². The fourth-order valence-electron chi connectivity index (χ4n) is 1.08. The molecule has 0 radical (unpaired) electrons. The van der Waals surface area contributed by atoms with Gasteiger partial charge < -0.3 is 4.90 Å². The minimum Gasteiger partial charge on any atom is -0.333 e. The van der Waals surface area contributed by atoms with Crippen LogP contribution in [-0.4, -0.2) is 29.2 Å². The van der Waals surface area contributed by atoms with Gasteiger partial charge >= 0.3 is 0 Å². The standard InChI is InChI=1S/C7H11NO2/c1-5(2)8-4-3-6(9)7(8)10/h5H,3-4H2,1-2H3. The van der Waals surface area contributed by atoms with Crippen molar-refractivity contribution in [3.05, 3.63) is 0 Å². The van der Waals surface area contributed by atoms with Crippen LogP contribution in [0.3, 0.4) is 0 Å². The van der Waals surface area contributed by atoms with Gasteiger partial charge in [0, 0.05) is 19.0 Å². The van der Waals surface area contributed by atoms with Gasteiger partial charge in [-0.05, 0) is 13.8 Å². The summed E-state index contributed by atoms with van der Waals surface area (Å²) in [5.74, 6) is -0.552. The lowest BCUT2D eigenvalue weighted by Crippen LogP contribution is -2.33. The Bertz CT molecular complexity index is 174. The first kappa shape index (κ1) is 7.25. The first-order chi connectivity index (χ1) is 4.63. The van der Waals surface area contributed by atoms with Crippen LogP contribution in [0, 0.1) is 0 Å². The number of rotatable bonds is 1. The lowest BCUT2D eigenvalue weighted by molar-refractivity contribution is -0.140. The molecule has 0 N–H and O–H groups in total. The molecule has 3 nitrogen and oxygen atoms in total. The molecular formula is C7H11NO2.